The van der Waals surface area contributed by atoms with E-state index in [0.717, 1.165) is 11.1 Å². The smallest absolute Gasteiger partial charge is 0.246 e. The zero-order chi connectivity index (χ0) is 13.4. The zero-order valence-electron chi connectivity index (χ0n) is 10.7. The van der Waals surface area contributed by atoms with Crippen LogP contribution < -0.4 is 0 Å². The molecule has 0 heterocycles. The van der Waals surface area contributed by atoms with Gasteiger partial charge in [0, 0.05) is 19.2 Å². The molecule has 18 heavy (non-hydrogen) atoms. The Labute approximate surface area is 108 Å². The summed E-state index contributed by atoms with van der Waals surface area (Å²) >= 11 is 0. The lowest BCUT2D eigenvalue weighted by Crippen LogP contribution is -2.32. The van der Waals surface area contributed by atoms with Crippen LogP contribution in [0.2, 0.25) is 0 Å². The summed E-state index contributed by atoms with van der Waals surface area (Å²) in [5, 5.41) is 8.88. The van der Waals surface area contributed by atoms with Crippen molar-refractivity contribution >= 4 is 12.0 Å². The highest BCUT2D eigenvalue weighted by Gasteiger charge is 2.07. The summed E-state index contributed by atoms with van der Waals surface area (Å²) in [6.07, 6.45) is 4.95. The van der Waals surface area contributed by atoms with Crippen molar-refractivity contribution in [3.8, 4) is 0 Å². The molecule has 1 amide bonds. The summed E-state index contributed by atoms with van der Waals surface area (Å²) in [4.78, 5) is 13.4. The summed E-state index contributed by atoms with van der Waals surface area (Å²) < 4.78 is 0. The van der Waals surface area contributed by atoms with Crippen LogP contribution in [0.25, 0.3) is 6.08 Å². The minimum atomic E-state index is -0.120. The van der Waals surface area contributed by atoms with Crippen molar-refractivity contribution in [3.05, 3.63) is 54.1 Å². The summed E-state index contributed by atoms with van der Waals surface area (Å²) in [7, 11) is 0. The van der Waals surface area contributed by atoms with E-state index in [1.165, 1.54) is 6.08 Å². The molecular formula is C15H19NO2. The molecule has 0 saturated carbocycles. The second-order valence-electron chi connectivity index (χ2n) is 4.04. The number of aliphatic hydroxyl groups excluding tert-OH is 1. The number of rotatable bonds is 6. The predicted octanol–water partition coefficient (Wildman–Crippen LogP) is 2.02. The monoisotopic (exact) mass is 245 g/mol. The molecule has 1 aromatic rings. The molecule has 0 aliphatic carbocycles. The van der Waals surface area contributed by atoms with Crippen LogP contribution in [-0.4, -0.2) is 35.6 Å². The number of aryl methyl sites for hydroxylation is 1. The highest BCUT2D eigenvalue weighted by molar-refractivity contribution is 5.91. The van der Waals surface area contributed by atoms with E-state index in [1.54, 1.807) is 17.1 Å². The molecule has 3 heteroatoms. The van der Waals surface area contributed by atoms with Gasteiger partial charge in [0.05, 0.1) is 6.61 Å². The Morgan fingerprint density at radius 2 is 2.28 bits per heavy atom. The van der Waals surface area contributed by atoms with E-state index in [9.17, 15) is 4.79 Å². The lowest BCUT2D eigenvalue weighted by Gasteiger charge is -2.17. The Balaban J connectivity index is 2.69. The van der Waals surface area contributed by atoms with E-state index in [2.05, 4.69) is 6.58 Å². The van der Waals surface area contributed by atoms with Gasteiger partial charge in [0.25, 0.3) is 0 Å². The first-order valence-electron chi connectivity index (χ1n) is 5.92. The molecule has 0 atom stereocenters. The molecule has 1 aromatic carbocycles. The molecule has 3 nitrogen and oxygen atoms in total. The fraction of sp³-hybridized carbons (Fsp3) is 0.267. The average Bonchev–Trinajstić information content (AvgIpc) is 2.36. The number of aliphatic hydroxyl groups is 1. The lowest BCUT2D eigenvalue weighted by atomic mass is 10.1. The number of hydrogen-bond donors (Lipinski definition) is 1. The van der Waals surface area contributed by atoms with Crippen molar-refractivity contribution < 1.29 is 9.90 Å². The summed E-state index contributed by atoms with van der Waals surface area (Å²) in [6.45, 7) is 6.32. The lowest BCUT2D eigenvalue weighted by molar-refractivity contribution is -0.125. The summed E-state index contributed by atoms with van der Waals surface area (Å²) in [5.74, 6) is -0.120. The third-order valence-electron chi connectivity index (χ3n) is 2.49. The van der Waals surface area contributed by atoms with Crippen LogP contribution >= 0.6 is 0 Å². The molecule has 0 fully saturated rings. The van der Waals surface area contributed by atoms with Gasteiger partial charge in [-0.15, -0.1) is 6.58 Å². The van der Waals surface area contributed by atoms with E-state index < -0.39 is 0 Å². The van der Waals surface area contributed by atoms with Crippen molar-refractivity contribution in [1.29, 1.82) is 0 Å². The first-order chi connectivity index (χ1) is 8.67. The van der Waals surface area contributed by atoms with Crippen molar-refractivity contribution in [1.82, 2.24) is 4.90 Å². The van der Waals surface area contributed by atoms with Crippen LogP contribution in [0, 0.1) is 6.92 Å². The van der Waals surface area contributed by atoms with Gasteiger partial charge in [0.1, 0.15) is 0 Å². The van der Waals surface area contributed by atoms with Gasteiger partial charge >= 0.3 is 0 Å². The summed E-state index contributed by atoms with van der Waals surface area (Å²) in [5.41, 5.74) is 2.15. The topological polar surface area (TPSA) is 40.5 Å². The number of nitrogens with zero attached hydrogens (tertiary/aromatic N) is 1. The quantitative estimate of drug-likeness (QED) is 0.615. The molecule has 0 aromatic heterocycles. The maximum Gasteiger partial charge on any atom is 0.246 e. The van der Waals surface area contributed by atoms with Crippen molar-refractivity contribution in [2.75, 3.05) is 19.7 Å². The molecule has 0 spiro atoms. The van der Waals surface area contributed by atoms with Gasteiger partial charge in [-0.2, -0.15) is 0 Å². The van der Waals surface area contributed by atoms with Crippen molar-refractivity contribution in [2.24, 2.45) is 0 Å². The number of amides is 1. The van der Waals surface area contributed by atoms with Gasteiger partial charge in [-0.3, -0.25) is 4.79 Å². The van der Waals surface area contributed by atoms with Crippen molar-refractivity contribution in [2.45, 2.75) is 6.92 Å². The van der Waals surface area contributed by atoms with Gasteiger partial charge < -0.3 is 10.0 Å². The van der Waals surface area contributed by atoms with Gasteiger partial charge in [-0.1, -0.05) is 35.9 Å². The van der Waals surface area contributed by atoms with Crippen molar-refractivity contribution in [3.63, 3.8) is 0 Å². The van der Waals surface area contributed by atoms with E-state index in [4.69, 9.17) is 5.11 Å². The number of benzene rings is 1. The van der Waals surface area contributed by atoms with E-state index in [-0.39, 0.29) is 12.5 Å². The average molecular weight is 245 g/mol. The molecule has 0 aliphatic rings. The third kappa shape index (κ3) is 4.55. The Morgan fingerprint density at radius 1 is 1.50 bits per heavy atom. The fourth-order valence-electron chi connectivity index (χ4n) is 1.61. The van der Waals surface area contributed by atoms with Crippen LogP contribution in [-0.2, 0) is 4.79 Å². The number of hydrogen-bond acceptors (Lipinski definition) is 2. The van der Waals surface area contributed by atoms with Crippen LogP contribution in [0.1, 0.15) is 11.1 Å². The maximum atomic E-state index is 11.9. The normalized spacial score (nSPS) is 10.6. The SMILES string of the molecule is C=CCN(CCO)C(=O)/C=C/c1cccc(C)c1. The molecule has 0 saturated heterocycles. The second kappa shape index (κ2) is 7.45. The Hall–Kier alpha value is -1.87. The third-order valence-corrected chi connectivity index (χ3v) is 2.49. The Morgan fingerprint density at radius 3 is 2.89 bits per heavy atom. The van der Waals surface area contributed by atoms with Gasteiger partial charge in [0.2, 0.25) is 5.91 Å². The Kier molecular flexibility index (Phi) is 5.88. The minimum absolute atomic E-state index is 0.0438. The maximum absolute atomic E-state index is 11.9. The molecule has 1 rings (SSSR count). The second-order valence-corrected chi connectivity index (χ2v) is 4.04. The number of carbonyl (C=O) groups is 1. The van der Waals surface area contributed by atoms with Crippen LogP contribution in [0.5, 0.6) is 0 Å². The standard InChI is InChI=1S/C15H19NO2/c1-3-9-16(10-11-17)15(18)8-7-14-6-4-5-13(2)12-14/h3-8,12,17H,1,9-11H2,2H3/b8-7+. The van der Waals surface area contributed by atoms with Crippen LogP contribution in [0.4, 0.5) is 0 Å². The van der Waals surface area contributed by atoms with Crippen LogP contribution in [0.15, 0.2) is 43.0 Å². The molecule has 96 valence electrons. The largest absolute Gasteiger partial charge is 0.395 e. The van der Waals surface area contributed by atoms with E-state index in [0.29, 0.717) is 13.1 Å². The predicted molar refractivity (Wildman–Crippen MR) is 74.1 cm³/mol. The van der Waals surface area contributed by atoms with E-state index >= 15 is 0 Å². The zero-order valence-corrected chi connectivity index (χ0v) is 10.7. The Bertz CT molecular complexity index is 438. The van der Waals surface area contributed by atoms with Gasteiger partial charge in [0.15, 0.2) is 0 Å². The summed E-state index contributed by atoms with van der Waals surface area (Å²) in [6, 6.07) is 7.91. The molecular weight excluding hydrogens is 226 g/mol. The minimum Gasteiger partial charge on any atom is -0.395 e. The molecule has 0 unspecified atom stereocenters. The fourth-order valence-corrected chi connectivity index (χ4v) is 1.61. The first kappa shape index (κ1) is 14.2. The molecule has 0 aliphatic heterocycles. The van der Waals surface area contributed by atoms with E-state index in [1.807, 2.05) is 31.2 Å². The highest BCUT2D eigenvalue weighted by Crippen LogP contribution is 2.06. The molecule has 1 N–H and O–H groups in total. The first-order valence-corrected chi connectivity index (χ1v) is 5.92. The molecule has 0 radical (unpaired) electrons. The van der Waals surface area contributed by atoms with Gasteiger partial charge in [-0.25, -0.2) is 0 Å². The number of carbonyl (C=O) groups excluding carboxylic acids is 1. The van der Waals surface area contributed by atoms with Crippen LogP contribution in [0.3, 0.4) is 0 Å². The molecule has 0 bridgehead atoms. The van der Waals surface area contributed by atoms with Gasteiger partial charge in [-0.05, 0) is 18.6 Å². The highest BCUT2D eigenvalue weighted by atomic mass is 16.3.